The zero-order valence-corrected chi connectivity index (χ0v) is 9.25. The number of halogens is 2. The number of rotatable bonds is 1. The molecule has 0 spiro atoms. The lowest BCUT2D eigenvalue weighted by Gasteiger charge is -1.98. The molecule has 13 heavy (non-hydrogen) atoms. The normalized spacial score (nSPS) is 11.8. The van der Waals surface area contributed by atoms with Gasteiger partial charge in [0.1, 0.15) is 0 Å². The van der Waals surface area contributed by atoms with Crippen LogP contribution < -0.4 is 5.73 Å². The lowest BCUT2D eigenvalue weighted by molar-refractivity contribution is 1.51. The van der Waals surface area contributed by atoms with Gasteiger partial charge in [-0.2, -0.15) is 0 Å². The number of benzene rings is 1. The van der Waals surface area contributed by atoms with E-state index in [1.807, 2.05) is 6.26 Å². The summed E-state index contributed by atoms with van der Waals surface area (Å²) in [6.07, 6.45) is 1.85. The average Bonchev–Trinajstić information content (AvgIpc) is 2.02. The van der Waals surface area contributed by atoms with Crippen LogP contribution in [0.5, 0.6) is 0 Å². The largest absolute Gasteiger partial charge is 0.378 e. The second-order valence-corrected chi connectivity index (χ2v) is 3.98. The molecule has 70 valence electrons. The molecule has 0 aliphatic carbocycles. The predicted molar refractivity (Wildman–Crippen MR) is 61.3 cm³/mol. The minimum atomic E-state index is 0.485. The van der Waals surface area contributed by atoms with Crippen LogP contribution in [0.1, 0.15) is 0 Å². The average molecular weight is 235 g/mol. The van der Waals surface area contributed by atoms with Gasteiger partial charge >= 0.3 is 0 Å². The van der Waals surface area contributed by atoms with E-state index < -0.39 is 0 Å². The lowest BCUT2D eigenvalue weighted by Crippen LogP contribution is -2.03. The molecule has 0 saturated heterocycles. The molecule has 0 radical (unpaired) electrons. The third-order valence-corrected chi connectivity index (χ3v) is 2.24. The van der Waals surface area contributed by atoms with Crippen LogP contribution in [0, 0.1) is 0 Å². The van der Waals surface area contributed by atoms with Gasteiger partial charge in [-0.15, -0.1) is 0 Å². The van der Waals surface area contributed by atoms with Crippen LogP contribution in [0.4, 0.5) is 5.69 Å². The molecular formula is C8H8Cl2N2S. The van der Waals surface area contributed by atoms with Crippen molar-refractivity contribution in [1.82, 2.24) is 0 Å². The van der Waals surface area contributed by atoms with Crippen molar-refractivity contribution >= 4 is 45.8 Å². The van der Waals surface area contributed by atoms with Gasteiger partial charge in [-0.05, 0) is 24.5 Å². The Bertz CT molecular complexity index is 319. The van der Waals surface area contributed by atoms with Crippen LogP contribution in [0.25, 0.3) is 0 Å². The number of amidine groups is 1. The molecule has 0 amide bonds. The number of hydrogen-bond acceptors (Lipinski definition) is 2. The molecule has 0 saturated carbocycles. The van der Waals surface area contributed by atoms with E-state index in [1.54, 1.807) is 18.2 Å². The molecule has 2 N–H and O–H groups in total. The van der Waals surface area contributed by atoms with Gasteiger partial charge in [-0.25, -0.2) is 4.99 Å². The third kappa shape index (κ3) is 3.46. The molecule has 0 bridgehead atoms. The highest BCUT2D eigenvalue weighted by molar-refractivity contribution is 8.13. The Morgan fingerprint density at radius 3 is 2.31 bits per heavy atom. The molecule has 0 atom stereocenters. The van der Waals surface area contributed by atoms with E-state index in [9.17, 15) is 0 Å². The fourth-order valence-electron chi connectivity index (χ4n) is 0.777. The second kappa shape index (κ2) is 4.74. The van der Waals surface area contributed by atoms with Crippen LogP contribution in [0.2, 0.25) is 10.0 Å². The molecular weight excluding hydrogens is 227 g/mol. The van der Waals surface area contributed by atoms with E-state index in [4.69, 9.17) is 28.9 Å². The Morgan fingerprint density at radius 1 is 1.31 bits per heavy atom. The summed E-state index contributed by atoms with van der Waals surface area (Å²) in [6.45, 7) is 0. The fourth-order valence-corrected chi connectivity index (χ4v) is 1.49. The van der Waals surface area contributed by atoms with Gasteiger partial charge in [0.25, 0.3) is 0 Å². The number of hydrogen-bond donors (Lipinski definition) is 1. The SMILES string of the molecule is CSC(N)=Nc1cc(Cl)cc(Cl)c1. The number of aliphatic imine (C=N–C) groups is 1. The zero-order valence-electron chi connectivity index (χ0n) is 6.92. The summed E-state index contributed by atoms with van der Waals surface area (Å²) in [7, 11) is 0. The van der Waals surface area contributed by atoms with Gasteiger partial charge in [0.15, 0.2) is 5.17 Å². The van der Waals surface area contributed by atoms with E-state index in [1.165, 1.54) is 11.8 Å². The first kappa shape index (κ1) is 10.7. The van der Waals surface area contributed by atoms with Crippen molar-refractivity contribution in [3.63, 3.8) is 0 Å². The topological polar surface area (TPSA) is 38.4 Å². The van der Waals surface area contributed by atoms with Gasteiger partial charge in [-0.1, -0.05) is 35.0 Å². The monoisotopic (exact) mass is 234 g/mol. The second-order valence-electron chi connectivity index (χ2n) is 2.28. The Kier molecular flexibility index (Phi) is 3.90. The maximum atomic E-state index is 5.78. The molecule has 1 rings (SSSR count). The van der Waals surface area contributed by atoms with E-state index in [0.29, 0.717) is 20.9 Å². The Hall–Kier alpha value is -0.380. The summed E-state index contributed by atoms with van der Waals surface area (Å²) in [5.74, 6) is 0. The van der Waals surface area contributed by atoms with Gasteiger partial charge in [0, 0.05) is 10.0 Å². The van der Waals surface area contributed by atoms with Gasteiger partial charge in [0.2, 0.25) is 0 Å². The van der Waals surface area contributed by atoms with Crippen LogP contribution >= 0.6 is 35.0 Å². The Morgan fingerprint density at radius 2 is 1.85 bits per heavy atom. The van der Waals surface area contributed by atoms with Gasteiger partial charge in [-0.3, -0.25) is 0 Å². The Labute approximate surface area is 91.1 Å². The third-order valence-electron chi connectivity index (χ3n) is 1.30. The molecule has 1 aromatic rings. The first-order valence-electron chi connectivity index (χ1n) is 3.46. The lowest BCUT2D eigenvalue weighted by atomic mass is 10.3. The van der Waals surface area contributed by atoms with Crippen molar-refractivity contribution in [1.29, 1.82) is 0 Å². The Balaban J connectivity index is 3.02. The van der Waals surface area contributed by atoms with E-state index in [2.05, 4.69) is 4.99 Å². The predicted octanol–water partition coefficient (Wildman–Crippen LogP) is 3.30. The first-order valence-corrected chi connectivity index (χ1v) is 5.44. The highest BCUT2D eigenvalue weighted by Crippen LogP contribution is 2.24. The van der Waals surface area contributed by atoms with E-state index in [-0.39, 0.29) is 0 Å². The highest BCUT2D eigenvalue weighted by Gasteiger charge is 1.97. The van der Waals surface area contributed by atoms with Gasteiger partial charge < -0.3 is 5.73 Å². The van der Waals surface area contributed by atoms with Crippen molar-refractivity contribution in [2.75, 3.05) is 6.26 Å². The maximum Gasteiger partial charge on any atom is 0.158 e. The number of nitrogens with zero attached hydrogens (tertiary/aromatic N) is 1. The molecule has 0 unspecified atom stereocenters. The summed E-state index contributed by atoms with van der Waals surface area (Å²) in [5, 5.41) is 1.60. The van der Waals surface area contributed by atoms with Gasteiger partial charge in [0.05, 0.1) is 5.69 Å². The molecule has 1 aromatic carbocycles. The van der Waals surface area contributed by atoms with E-state index >= 15 is 0 Å². The van der Waals surface area contributed by atoms with Crippen molar-refractivity contribution in [3.05, 3.63) is 28.2 Å². The van der Waals surface area contributed by atoms with Crippen molar-refractivity contribution in [2.45, 2.75) is 0 Å². The number of nitrogens with two attached hydrogens (primary N) is 1. The molecule has 0 aliphatic rings. The van der Waals surface area contributed by atoms with Crippen molar-refractivity contribution in [3.8, 4) is 0 Å². The summed E-state index contributed by atoms with van der Waals surface area (Å²) in [6, 6.07) is 5.06. The first-order chi connectivity index (χ1) is 6.11. The molecule has 0 heterocycles. The van der Waals surface area contributed by atoms with Crippen LogP contribution in [0.3, 0.4) is 0 Å². The van der Waals surface area contributed by atoms with Crippen molar-refractivity contribution in [2.24, 2.45) is 10.7 Å². The quantitative estimate of drug-likeness (QED) is 0.599. The maximum absolute atomic E-state index is 5.78. The van der Waals surface area contributed by atoms with Crippen LogP contribution in [-0.4, -0.2) is 11.4 Å². The van der Waals surface area contributed by atoms with Crippen molar-refractivity contribution < 1.29 is 0 Å². The standard InChI is InChI=1S/C8H8Cl2N2S/c1-13-8(11)12-7-3-5(9)2-6(10)4-7/h2-4H,1H3,(H2,11,12). The number of thioether (sulfide) groups is 1. The molecule has 0 fully saturated rings. The zero-order chi connectivity index (χ0) is 9.84. The summed E-state index contributed by atoms with van der Waals surface area (Å²) in [4.78, 5) is 4.09. The minimum absolute atomic E-state index is 0.485. The summed E-state index contributed by atoms with van der Waals surface area (Å²) in [5.41, 5.74) is 6.20. The van der Waals surface area contributed by atoms with E-state index in [0.717, 1.165) is 0 Å². The molecule has 5 heteroatoms. The minimum Gasteiger partial charge on any atom is -0.378 e. The van der Waals surface area contributed by atoms with Crippen LogP contribution in [-0.2, 0) is 0 Å². The molecule has 2 nitrogen and oxygen atoms in total. The fraction of sp³-hybridized carbons (Fsp3) is 0.125. The highest BCUT2D eigenvalue weighted by atomic mass is 35.5. The van der Waals surface area contributed by atoms with Crippen LogP contribution in [0.15, 0.2) is 23.2 Å². The summed E-state index contributed by atoms with van der Waals surface area (Å²) >= 11 is 12.9. The smallest absolute Gasteiger partial charge is 0.158 e. The molecule has 0 aliphatic heterocycles. The molecule has 0 aromatic heterocycles. The summed E-state index contributed by atoms with van der Waals surface area (Å²) < 4.78 is 0.